The van der Waals surface area contributed by atoms with Crippen LogP contribution in [0.15, 0.2) is 12.1 Å². The average Bonchev–Trinajstić information content (AvgIpc) is 2.29. The second-order valence-electron chi connectivity index (χ2n) is 3.10. The highest BCUT2D eigenvalue weighted by Gasteiger charge is 2.22. The van der Waals surface area contributed by atoms with Crippen molar-refractivity contribution in [2.45, 2.75) is 0 Å². The number of halogens is 2. The van der Waals surface area contributed by atoms with Crippen LogP contribution in [0, 0.1) is 11.6 Å². The van der Waals surface area contributed by atoms with Crippen molar-refractivity contribution >= 4 is 11.9 Å². The van der Waals surface area contributed by atoms with E-state index in [4.69, 9.17) is 5.11 Å². The molecule has 92 valence electrons. The Balaban J connectivity index is 3.36. The number of nitrogens with zero attached hydrogens (tertiary/aromatic N) is 1. The maximum absolute atomic E-state index is 13.0. The van der Waals surface area contributed by atoms with Gasteiger partial charge in [0, 0.05) is 7.05 Å². The number of aromatic carboxylic acids is 1. The van der Waals surface area contributed by atoms with Gasteiger partial charge in [-0.05, 0) is 12.1 Å². The minimum atomic E-state index is -1.53. The summed E-state index contributed by atoms with van der Waals surface area (Å²) in [4.78, 5) is 27.0. The number of carbonyl (C=O) groups is 2. The van der Waals surface area contributed by atoms with Crippen LogP contribution in [0.5, 0.6) is 0 Å². The van der Waals surface area contributed by atoms with E-state index in [2.05, 4.69) is 4.84 Å². The molecule has 0 unspecified atom stereocenters. The summed E-state index contributed by atoms with van der Waals surface area (Å²) in [6.45, 7) is 0. The summed E-state index contributed by atoms with van der Waals surface area (Å²) >= 11 is 0. The zero-order chi connectivity index (χ0) is 13.2. The van der Waals surface area contributed by atoms with Crippen molar-refractivity contribution in [3.63, 3.8) is 0 Å². The van der Waals surface area contributed by atoms with Gasteiger partial charge in [-0.1, -0.05) is 0 Å². The lowest BCUT2D eigenvalue weighted by Gasteiger charge is -2.15. The van der Waals surface area contributed by atoms with E-state index in [1.807, 2.05) is 0 Å². The highest BCUT2D eigenvalue weighted by molar-refractivity contribution is 6.04. The number of benzene rings is 1. The molecule has 0 heterocycles. The summed E-state index contributed by atoms with van der Waals surface area (Å²) in [5.41, 5.74) is -1.11. The molecule has 0 spiro atoms. The monoisotopic (exact) mass is 245 g/mol. The highest BCUT2D eigenvalue weighted by atomic mass is 19.2. The van der Waals surface area contributed by atoms with Crippen molar-refractivity contribution in [1.29, 1.82) is 0 Å². The van der Waals surface area contributed by atoms with Gasteiger partial charge >= 0.3 is 5.97 Å². The van der Waals surface area contributed by atoms with Crippen LogP contribution in [-0.2, 0) is 4.84 Å². The van der Waals surface area contributed by atoms with Crippen LogP contribution in [0.4, 0.5) is 8.78 Å². The number of hydrogen-bond acceptors (Lipinski definition) is 3. The smallest absolute Gasteiger partial charge is 0.336 e. The third-order valence-electron chi connectivity index (χ3n) is 2.08. The first-order valence-electron chi connectivity index (χ1n) is 4.43. The molecule has 1 amide bonds. The molecule has 0 saturated carbocycles. The summed E-state index contributed by atoms with van der Waals surface area (Å²) < 4.78 is 25.8. The van der Waals surface area contributed by atoms with Gasteiger partial charge in [-0.3, -0.25) is 9.63 Å². The maximum atomic E-state index is 13.0. The Morgan fingerprint density at radius 1 is 1.24 bits per heavy atom. The van der Waals surface area contributed by atoms with Crippen molar-refractivity contribution in [1.82, 2.24) is 5.06 Å². The van der Waals surface area contributed by atoms with Gasteiger partial charge in [0.05, 0.1) is 18.2 Å². The molecule has 0 atom stereocenters. The number of amides is 1. The molecule has 0 bridgehead atoms. The Labute approximate surface area is 95.2 Å². The van der Waals surface area contributed by atoms with E-state index in [1.54, 1.807) is 0 Å². The van der Waals surface area contributed by atoms with Gasteiger partial charge in [0.1, 0.15) is 0 Å². The Kier molecular flexibility index (Phi) is 3.74. The lowest BCUT2D eigenvalue weighted by atomic mass is 10.1. The molecule has 1 aromatic rings. The summed E-state index contributed by atoms with van der Waals surface area (Å²) in [5, 5.41) is 9.49. The molecule has 7 heteroatoms. The number of carboxylic acid groups (broad SMARTS) is 1. The quantitative estimate of drug-likeness (QED) is 0.815. The molecule has 0 fully saturated rings. The van der Waals surface area contributed by atoms with Crippen molar-refractivity contribution in [2.75, 3.05) is 14.2 Å². The molecule has 0 saturated heterocycles. The predicted octanol–water partition coefficient (Wildman–Crippen LogP) is 1.30. The Hall–Kier alpha value is -2.02. The van der Waals surface area contributed by atoms with Gasteiger partial charge in [-0.25, -0.2) is 18.6 Å². The van der Waals surface area contributed by atoms with Crippen molar-refractivity contribution in [3.8, 4) is 0 Å². The first-order chi connectivity index (χ1) is 7.88. The molecule has 5 nitrogen and oxygen atoms in total. The molecular weight excluding hydrogens is 236 g/mol. The van der Waals surface area contributed by atoms with Gasteiger partial charge < -0.3 is 5.11 Å². The second-order valence-corrected chi connectivity index (χ2v) is 3.10. The fraction of sp³-hybridized carbons (Fsp3) is 0.200. The summed E-state index contributed by atoms with van der Waals surface area (Å²) in [7, 11) is 2.40. The Bertz CT molecular complexity index is 476. The molecule has 0 aromatic heterocycles. The lowest BCUT2D eigenvalue weighted by molar-refractivity contribution is -0.0757. The second kappa shape index (κ2) is 4.88. The fourth-order valence-corrected chi connectivity index (χ4v) is 1.15. The molecule has 1 rings (SSSR count). The standard InChI is InChI=1S/C10H9F2NO4/c1-13(17-2)9(14)5-3-7(11)8(12)4-6(5)10(15)16/h3-4H,1-2H3,(H,15,16). The van der Waals surface area contributed by atoms with Gasteiger partial charge in [0.25, 0.3) is 5.91 Å². The fourth-order valence-electron chi connectivity index (χ4n) is 1.15. The number of hydroxylamine groups is 2. The van der Waals surface area contributed by atoms with Gasteiger partial charge in [-0.2, -0.15) is 0 Å². The number of hydrogen-bond donors (Lipinski definition) is 1. The molecular formula is C10H9F2NO4. The van der Waals surface area contributed by atoms with Crippen molar-refractivity contribution < 1.29 is 28.3 Å². The van der Waals surface area contributed by atoms with E-state index < -0.39 is 34.6 Å². The Morgan fingerprint density at radius 2 is 1.71 bits per heavy atom. The number of rotatable bonds is 3. The lowest BCUT2D eigenvalue weighted by Crippen LogP contribution is -2.27. The number of carboxylic acids is 1. The van der Waals surface area contributed by atoms with Crippen LogP contribution in [0.25, 0.3) is 0 Å². The predicted molar refractivity (Wildman–Crippen MR) is 52.4 cm³/mol. The zero-order valence-electron chi connectivity index (χ0n) is 9.03. The van der Waals surface area contributed by atoms with E-state index in [1.165, 1.54) is 14.2 Å². The third-order valence-corrected chi connectivity index (χ3v) is 2.08. The van der Waals surface area contributed by atoms with Crippen LogP contribution in [0.1, 0.15) is 20.7 Å². The normalized spacial score (nSPS) is 10.1. The van der Waals surface area contributed by atoms with Gasteiger partial charge in [0.15, 0.2) is 11.6 Å². The average molecular weight is 245 g/mol. The van der Waals surface area contributed by atoms with E-state index in [9.17, 15) is 18.4 Å². The zero-order valence-corrected chi connectivity index (χ0v) is 9.03. The maximum Gasteiger partial charge on any atom is 0.336 e. The van der Waals surface area contributed by atoms with Crippen molar-refractivity contribution in [2.24, 2.45) is 0 Å². The molecule has 1 aromatic carbocycles. The molecule has 0 radical (unpaired) electrons. The topological polar surface area (TPSA) is 66.8 Å². The molecule has 1 N–H and O–H groups in total. The largest absolute Gasteiger partial charge is 0.478 e. The number of carbonyl (C=O) groups excluding carboxylic acids is 1. The molecule has 17 heavy (non-hydrogen) atoms. The van der Waals surface area contributed by atoms with Crippen LogP contribution >= 0.6 is 0 Å². The molecule has 0 aliphatic rings. The van der Waals surface area contributed by atoms with Crippen LogP contribution in [0.3, 0.4) is 0 Å². The van der Waals surface area contributed by atoms with Gasteiger partial charge in [-0.15, -0.1) is 0 Å². The minimum Gasteiger partial charge on any atom is -0.478 e. The van der Waals surface area contributed by atoms with E-state index in [0.717, 1.165) is 0 Å². The van der Waals surface area contributed by atoms with Crippen LogP contribution < -0.4 is 0 Å². The molecule has 0 aliphatic carbocycles. The van der Waals surface area contributed by atoms with Crippen molar-refractivity contribution in [3.05, 3.63) is 34.9 Å². The SMILES string of the molecule is CON(C)C(=O)c1cc(F)c(F)cc1C(=O)O. The van der Waals surface area contributed by atoms with Gasteiger partial charge in [0.2, 0.25) is 0 Å². The minimum absolute atomic E-state index is 0.453. The first-order valence-corrected chi connectivity index (χ1v) is 4.43. The van der Waals surface area contributed by atoms with E-state index >= 15 is 0 Å². The summed E-state index contributed by atoms with van der Waals surface area (Å²) in [5.74, 6) is -5.05. The third kappa shape index (κ3) is 2.56. The summed E-state index contributed by atoms with van der Waals surface area (Å²) in [6, 6.07) is 0.977. The van der Waals surface area contributed by atoms with Crippen LogP contribution in [-0.4, -0.2) is 36.2 Å². The van der Waals surface area contributed by atoms with Crippen LogP contribution in [0.2, 0.25) is 0 Å². The molecule has 0 aliphatic heterocycles. The van der Waals surface area contributed by atoms with E-state index in [-0.39, 0.29) is 0 Å². The first kappa shape index (κ1) is 13.0. The Morgan fingerprint density at radius 3 is 2.12 bits per heavy atom. The van der Waals surface area contributed by atoms with E-state index in [0.29, 0.717) is 17.2 Å². The highest BCUT2D eigenvalue weighted by Crippen LogP contribution is 2.17. The summed E-state index contributed by atoms with van der Waals surface area (Å²) in [6.07, 6.45) is 0.